The predicted octanol–water partition coefficient (Wildman–Crippen LogP) is 2.62. The molecule has 2 aromatic rings. The first-order valence-corrected chi connectivity index (χ1v) is 9.10. The summed E-state index contributed by atoms with van der Waals surface area (Å²) in [6.07, 6.45) is 6.37. The Kier molecular flexibility index (Phi) is 5.48. The second kappa shape index (κ2) is 7.78. The van der Waals surface area contributed by atoms with Crippen molar-refractivity contribution in [2.24, 2.45) is 5.73 Å². The van der Waals surface area contributed by atoms with Crippen LogP contribution in [0.25, 0.3) is 11.5 Å². The first-order chi connectivity index (χ1) is 12.1. The highest BCUT2D eigenvalue weighted by molar-refractivity contribution is 5.86. The molecule has 0 saturated heterocycles. The molecule has 1 saturated carbocycles. The van der Waals surface area contributed by atoms with Crippen molar-refractivity contribution < 1.29 is 9.32 Å². The normalized spacial score (nSPS) is 16.6. The fraction of sp³-hybridized carbons (Fsp3) is 0.526. The highest BCUT2D eigenvalue weighted by atomic mass is 16.5. The van der Waals surface area contributed by atoms with E-state index in [4.69, 9.17) is 10.3 Å². The molecule has 1 heterocycles. The molecule has 25 heavy (non-hydrogen) atoms. The molecule has 1 aromatic heterocycles. The van der Waals surface area contributed by atoms with E-state index in [0.717, 1.165) is 49.7 Å². The number of hydrogen-bond donors (Lipinski definition) is 2. The van der Waals surface area contributed by atoms with Crippen LogP contribution in [0.5, 0.6) is 0 Å². The van der Waals surface area contributed by atoms with Gasteiger partial charge in [0.1, 0.15) is 0 Å². The van der Waals surface area contributed by atoms with Crippen molar-refractivity contribution in [2.75, 3.05) is 6.54 Å². The van der Waals surface area contributed by atoms with Crippen molar-refractivity contribution in [2.45, 2.75) is 57.4 Å². The largest absolute Gasteiger partial charge is 0.354 e. The number of nitrogens with one attached hydrogen (secondary N) is 1. The molecular formula is C19H26N4O2. The predicted molar refractivity (Wildman–Crippen MR) is 95.8 cm³/mol. The summed E-state index contributed by atoms with van der Waals surface area (Å²) < 4.78 is 5.24. The maximum Gasteiger partial charge on any atom is 0.257 e. The molecule has 134 valence electrons. The highest BCUT2D eigenvalue weighted by Gasteiger charge is 2.34. The number of nitrogens with two attached hydrogens (primary N) is 1. The minimum absolute atomic E-state index is 0.0122. The molecule has 0 aliphatic heterocycles. The molecule has 1 aromatic carbocycles. The van der Waals surface area contributed by atoms with Crippen LogP contribution in [0.4, 0.5) is 0 Å². The molecular weight excluding hydrogens is 316 g/mol. The lowest BCUT2D eigenvalue weighted by molar-refractivity contribution is -0.127. The Bertz CT molecular complexity index is 702. The van der Waals surface area contributed by atoms with E-state index in [-0.39, 0.29) is 5.91 Å². The summed E-state index contributed by atoms with van der Waals surface area (Å²) in [5.74, 6) is 1.24. The molecule has 0 unspecified atom stereocenters. The van der Waals surface area contributed by atoms with Crippen LogP contribution >= 0.6 is 0 Å². The molecule has 1 fully saturated rings. The molecule has 0 atom stereocenters. The van der Waals surface area contributed by atoms with Gasteiger partial charge in [0.2, 0.25) is 5.91 Å². The third-order valence-electron chi connectivity index (χ3n) is 4.88. The summed E-state index contributed by atoms with van der Waals surface area (Å²) in [5.41, 5.74) is 7.63. The molecule has 6 heteroatoms. The van der Waals surface area contributed by atoms with Crippen LogP contribution < -0.4 is 11.1 Å². The zero-order chi connectivity index (χ0) is 17.7. The van der Waals surface area contributed by atoms with Crippen LogP contribution in [0.3, 0.4) is 0 Å². The number of carbonyl (C=O) groups is 1. The average Bonchev–Trinajstić information content (AvgIpc) is 3.12. The van der Waals surface area contributed by atoms with Gasteiger partial charge in [-0.15, -0.1) is 0 Å². The zero-order valence-corrected chi connectivity index (χ0v) is 14.8. The van der Waals surface area contributed by atoms with E-state index in [0.29, 0.717) is 18.3 Å². The number of rotatable bonds is 6. The molecule has 1 aliphatic carbocycles. The van der Waals surface area contributed by atoms with Crippen LogP contribution in [0.1, 0.15) is 50.4 Å². The van der Waals surface area contributed by atoms with E-state index in [1.807, 2.05) is 31.2 Å². The second-order valence-corrected chi connectivity index (χ2v) is 6.79. The van der Waals surface area contributed by atoms with Crippen LogP contribution in [-0.4, -0.2) is 28.1 Å². The first kappa shape index (κ1) is 17.6. The van der Waals surface area contributed by atoms with Crippen molar-refractivity contribution in [3.63, 3.8) is 0 Å². The lowest BCUT2D eigenvalue weighted by Gasteiger charge is -2.31. The monoisotopic (exact) mass is 342 g/mol. The number of amides is 1. The third kappa shape index (κ3) is 4.25. The molecule has 1 amide bonds. The van der Waals surface area contributed by atoms with E-state index in [1.165, 1.54) is 6.42 Å². The molecule has 0 bridgehead atoms. The first-order valence-electron chi connectivity index (χ1n) is 9.10. The van der Waals surface area contributed by atoms with Gasteiger partial charge >= 0.3 is 0 Å². The summed E-state index contributed by atoms with van der Waals surface area (Å²) in [6, 6.07) is 7.98. The van der Waals surface area contributed by atoms with Gasteiger partial charge in [-0.2, -0.15) is 4.98 Å². The van der Waals surface area contributed by atoms with Gasteiger partial charge in [-0.25, -0.2) is 0 Å². The van der Waals surface area contributed by atoms with Gasteiger partial charge in [0.05, 0.1) is 5.54 Å². The highest BCUT2D eigenvalue weighted by Crippen LogP contribution is 2.26. The van der Waals surface area contributed by atoms with Gasteiger partial charge in [-0.05, 0) is 37.0 Å². The fourth-order valence-electron chi connectivity index (χ4n) is 3.23. The Balaban J connectivity index is 1.51. The zero-order valence-electron chi connectivity index (χ0n) is 14.8. The third-order valence-corrected chi connectivity index (χ3v) is 4.88. The SMILES string of the molecule is CCc1noc(-c2ccc(CCNC(=O)C3(N)CCCCC3)cc2)n1. The standard InChI is InChI=1S/C19H26N4O2/c1-2-16-22-17(25-23-16)15-8-6-14(7-9-15)10-13-21-18(24)19(20)11-4-3-5-12-19/h6-9H,2-5,10-13,20H2,1H3,(H,21,24). The van der Waals surface area contributed by atoms with Crippen molar-refractivity contribution in [1.82, 2.24) is 15.5 Å². The van der Waals surface area contributed by atoms with Crippen LogP contribution in [-0.2, 0) is 17.6 Å². The number of hydrogen-bond acceptors (Lipinski definition) is 5. The van der Waals surface area contributed by atoms with E-state index in [2.05, 4.69) is 15.5 Å². The number of aryl methyl sites for hydroxylation is 1. The Morgan fingerprint density at radius 2 is 1.96 bits per heavy atom. The number of carbonyl (C=O) groups excluding carboxylic acids is 1. The van der Waals surface area contributed by atoms with Gasteiger partial charge in [-0.3, -0.25) is 4.79 Å². The fourth-order valence-corrected chi connectivity index (χ4v) is 3.23. The molecule has 6 nitrogen and oxygen atoms in total. The Morgan fingerprint density at radius 3 is 2.60 bits per heavy atom. The van der Waals surface area contributed by atoms with Gasteiger partial charge < -0.3 is 15.6 Å². The quantitative estimate of drug-likeness (QED) is 0.841. The molecule has 3 N–H and O–H groups in total. The summed E-state index contributed by atoms with van der Waals surface area (Å²) >= 11 is 0. The van der Waals surface area contributed by atoms with Crippen LogP contribution in [0.2, 0.25) is 0 Å². The van der Waals surface area contributed by atoms with Crippen molar-refractivity contribution in [3.8, 4) is 11.5 Å². The number of benzene rings is 1. The minimum atomic E-state index is -0.670. The van der Waals surface area contributed by atoms with E-state index in [9.17, 15) is 4.79 Å². The van der Waals surface area contributed by atoms with Gasteiger partial charge in [0, 0.05) is 18.5 Å². The van der Waals surface area contributed by atoms with Crippen molar-refractivity contribution >= 4 is 5.91 Å². The summed E-state index contributed by atoms with van der Waals surface area (Å²) in [7, 11) is 0. The lowest BCUT2D eigenvalue weighted by Crippen LogP contribution is -2.55. The van der Waals surface area contributed by atoms with E-state index >= 15 is 0 Å². The maximum atomic E-state index is 12.3. The maximum absolute atomic E-state index is 12.3. The smallest absolute Gasteiger partial charge is 0.257 e. The average molecular weight is 342 g/mol. The summed E-state index contributed by atoms with van der Waals surface area (Å²) in [6.45, 7) is 2.59. The topological polar surface area (TPSA) is 94.0 Å². The Labute approximate surface area is 148 Å². The van der Waals surface area contributed by atoms with Gasteiger partial charge in [0.15, 0.2) is 5.82 Å². The molecule has 0 spiro atoms. The number of nitrogens with zero attached hydrogens (tertiary/aromatic N) is 2. The molecule has 0 radical (unpaired) electrons. The minimum Gasteiger partial charge on any atom is -0.354 e. The van der Waals surface area contributed by atoms with Crippen LogP contribution in [0.15, 0.2) is 28.8 Å². The Hall–Kier alpha value is -2.21. The molecule has 3 rings (SSSR count). The Morgan fingerprint density at radius 1 is 1.24 bits per heavy atom. The van der Waals surface area contributed by atoms with E-state index < -0.39 is 5.54 Å². The van der Waals surface area contributed by atoms with Crippen molar-refractivity contribution in [1.29, 1.82) is 0 Å². The number of aromatic nitrogens is 2. The van der Waals surface area contributed by atoms with Gasteiger partial charge in [0.25, 0.3) is 5.89 Å². The summed E-state index contributed by atoms with van der Waals surface area (Å²) in [4.78, 5) is 16.6. The van der Waals surface area contributed by atoms with Crippen molar-refractivity contribution in [3.05, 3.63) is 35.7 Å². The summed E-state index contributed by atoms with van der Waals surface area (Å²) in [5, 5.41) is 6.90. The van der Waals surface area contributed by atoms with E-state index in [1.54, 1.807) is 0 Å². The molecule has 1 aliphatic rings. The lowest BCUT2D eigenvalue weighted by atomic mass is 9.82. The second-order valence-electron chi connectivity index (χ2n) is 6.79. The van der Waals surface area contributed by atoms with Crippen LogP contribution in [0, 0.1) is 0 Å². The van der Waals surface area contributed by atoms with Gasteiger partial charge in [-0.1, -0.05) is 43.5 Å².